The number of rotatable bonds is 8. The van der Waals surface area contributed by atoms with Gasteiger partial charge in [0.1, 0.15) is 11.5 Å². The van der Waals surface area contributed by atoms with E-state index < -0.39 is 0 Å². The summed E-state index contributed by atoms with van der Waals surface area (Å²) in [6.45, 7) is 0. The van der Waals surface area contributed by atoms with E-state index in [2.05, 4.69) is 10.6 Å². The zero-order valence-electron chi connectivity index (χ0n) is 22.4. The first-order valence-corrected chi connectivity index (χ1v) is 12.5. The summed E-state index contributed by atoms with van der Waals surface area (Å²) in [4.78, 5) is 18.2. The summed E-state index contributed by atoms with van der Waals surface area (Å²) in [5, 5.41) is 7.57. The van der Waals surface area contributed by atoms with Gasteiger partial charge in [0.25, 0.3) is 5.91 Å². The van der Waals surface area contributed by atoms with Crippen molar-refractivity contribution in [1.82, 2.24) is 4.98 Å². The summed E-state index contributed by atoms with van der Waals surface area (Å²) in [7, 11) is 6.35. The maximum Gasteiger partial charge on any atom is 0.259 e. The number of carbonyl (C=O) groups is 1. The van der Waals surface area contributed by atoms with Crippen molar-refractivity contribution in [1.29, 1.82) is 0 Å². The van der Waals surface area contributed by atoms with Crippen LogP contribution in [0, 0.1) is 0 Å². The summed E-state index contributed by atoms with van der Waals surface area (Å²) < 4.78 is 21.6. The van der Waals surface area contributed by atoms with Crippen LogP contribution in [0.15, 0.2) is 54.6 Å². The Bertz CT molecular complexity index is 1510. The number of amides is 1. The van der Waals surface area contributed by atoms with Crippen molar-refractivity contribution < 1.29 is 23.7 Å². The summed E-state index contributed by atoms with van der Waals surface area (Å²) in [5.74, 6) is 2.09. The number of nitrogens with zero attached hydrogens (tertiary/aromatic N) is 1. The molecule has 0 atom stereocenters. The number of ether oxygens (including phenoxy) is 4. The molecule has 39 heavy (non-hydrogen) atoms. The highest BCUT2D eigenvalue weighted by Gasteiger charge is 2.20. The minimum absolute atomic E-state index is 0. The Kier molecular flexibility index (Phi) is 8.66. The number of benzene rings is 3. The normalized spacial score (nSPS) is 12.1. The number of aromatic nitrogens is 1. The highest BCUT2D eigenvalue weighted by atomic mass is 35.5. The van der Waals surface area contributed by atoms with Gasteiger partial charge in [-0.1, -0.05) is 0 Å². The van der Waals surface area contributed by atoms with Crippen molar-refractivity contribution in [2.75, 3.05) is 39.1 Å². The lowest BCUT2D eigenvalue weighted by atomic mass is 9.92. The summed E-state index contributed by atoms with van der Waals surface area (Å²) in [6.07, 6.45) is 4.11. The van der Waals surface area contributed by atoms with Gasteiger partial charge in [-0.2, -0.15) is 0 Å². The smallest absolute Gasteiger partial charge is 0.259 e. The zero-order valence-corrected chi connectivity index (χ0v) is 23.2. The predicted octanol–water partition coefficient (Wildman–Crippen LogP) is 6.57. The zero-order chi connectivity index (χ0) is 26.6. The van der Waals surface area contributed by atoms with Crippen LogP contribution < -0.4 is 29.6 Å². The second-order valence-corrected chi connectivity index (χ2v) is 9.07. The molecule has 0 fully saturated rings. The minimum Gasteiger partial charge on any atom is -0.497 e. The molecule has 1 heterocycles. The first kappa shape index (κ1) is 27.9. The lowest BCUT2D eigenvalue weighted by Gasteiger charge is -2.22. The quantitative estimate of drug-likeness (QED) is 0.257. The molecule has 8 nitrogen and oxygen atoms in total. The third-order valence-corrected chi connectivity index (χ3v) is 6.83. The molecule has 0 saturated carbocycles. The van der Waals surface area contributed by atoms with Crippen molar-refractivity contribution in [3.8, 4) is 23.0 Å². The van der Waals surface area contributed by atoms with Crippen molar-refractivity contribution in [2.45, 2.75) is 25.7 Å². The van der Waals surface area contributed by atoms with E-state index in [4.69, 9.17) is 23.9 Å². The van der Waals surface area contributed by atoms with Gasteiger partial charge in [0.2, 0.25) is 0 Å². The Labute approximate surface area is 234 Å². The molecule has 0 saturated heterocycles. The van der Waals surface area contributed by atoms with E-state index in [1.54, 1.807) is 39.5 Å². The fourth-order valence-electron chi connectivity index (χ4n) is 4.89. The summed E-state index contributed by atoms with van der Waals surface area (Å²) in [5.41, 5.74) is 6.14. The highest BCUT2D eigenvalue weighted by Crippen LogP contribution is 2.38. The van der Waals surface area contributed by atoms with Gasteiger partial charge in [-0.15, -0.1) is 12.4 Å². The lowest BCUT2D eigenvalue weighted by Crippen LogP contribution is -2.14. The number of pyridine rings is 1. The molecule has 1 aromatic heterocycles. The van der Waals surface area contributed by atoms with E-state index >= 15 is 0 Å². The second-order valence-electron chi connectivity index (χ2n) is 9.07. The van der Waals surface area contributed by atoms with Gasteiger partial charge in [0.15, 0.2) is 11.5 Å². The van der Waals surface area contributed by atoms with Crippen LogP contribution in [0.2, 0.25) is 0 Å². The van der Waals surface area contributed by atoms with Gasteiger partial charge in [-0.3, -0.25) is 9.78 Å². The maximum absolute atomic E-state index is 13.2. The average molecular weight is 550 g/mol. The lowest BCUT2D eigenvalue weighted by molar-refractivity contribution is 0.102. The predicted molar refractivity (Wildman–Crippen MR) is 156 cm³/mol. The van der Waals surface area contributed by atoms with Gasteiger partial charge in [-0.25, -0.2) is 0 Å². The molecular formula is C30H32ClN3O5. The number of hydrogen-bond acceptors (Lipinski definition) is 7. The number of nitrogens with one attached hydrogen (secondary N) is 2. The van der Waals surface area contributed by atoms with E-state index in [1.165, 1.54) is 12.7 Å². The molecule has 9 heteroatoms. The Morgan fingerprint density at radius 2 is 1.51 bits per heavy atom. The van der Waals surface area contributed by atoms with Gasteiger partial charge >= 0.3 is 0 Å². The monoisotopic (exact) mass is 549 g/mol. The number of halogens is 1. The standard InChI is InChI=1S/C30H31N3O5.ClH/c1-35-20-11-12-22(27(17-20)37-3)30(34)32-18-9-13-25-23(15-18)29(21-7-5-6-8-24(21)33-25)31-19-10-14-26(36-2)28(16-19)38-4;/h9-17H,5-8H2,1-4H3,(H,31,33)(H,32,34);1H. The van der Waals surface area contributed by atoms with E-state index in [0.717, 1.165) is 53.7 Å². The van der Waals surface area contributed by atoms with Crippen LogP contribution in [0.25, 0.3) is 10.9 Å². The van der Waals surface area contributed by atoms with Gasteiger partial charge in [0, 0.05) is 34.6 Å². The van der Waals surface area contributed by atoms with Gasteiger partial charge in [-0.05, 0) is 73.7 Å². The first-order chi connectivity index (χ1) is 18.5. The van der Waals surface area contributed by atoms with Crippen LogP contribution in [-0.4, -0.2) is 39.3 Å². The molecule has 1 aliphatic carbocycles. The van der Waals surface area contributed by atoms with Crippen molar-refractivity contribution in [3.05, 3.63) is 71.4 Å². The Balaban J connectivity index is 0.00000353. The largest absolute Gasteiger partial charge is 0.497 e. The second kappa shape index (κ2) is 12.1. The van der Waals surface area contributed by atoms with E-state index in [-0.39, 0.29) is 18.3 Å². The van der Waals surface area contributed by atoms with Crippen LogP contribution in [0.1, 0.15) is 34.5 Å². The van der Waals surface area contributed by atoms with E-state index in [1.807, 2.05) is 36.4 Å². The van der Waals surface area contributed by atoms with Crippen LogP contribution in [0.4, 0.5) is 17.1 Å². The van der Waals surface area contributed by atoms with Crippen LogP contribution in [0.5, 0.6) is 23.0 Å². The molecule has 2 N–H and O–H groups in total. The first-order valence-electron chi connectivity index (χ1n) is 12.5. The molecule has 204 valence electrons. The maximum atomic E-state index is 13.2. The fourth-order valence-corrected chi connectivity index (χ4v) is 4.89. The minimum atomic E-state index is -0.274. The van der Waals surface area contributed by atoms with Gasteiger partial charge < -0.3 is 29.6 Å². The Hall–Kier alpha value is -4.17. The van der Waals surface area contributed by atoms with Crippen LogP contribution >= 0.6 is 12.4 Å². The third-order valence-electron chi connectivity index (χ3n) is 6.83. The summed E-state index contributed by atoms with van der Waals surface area (Å²) >= 11 is 0. The number of aryl methyl sites for hydroxylation is 1. The number of hydrogen-bond donors (Lipinski definition) is 2. The summed E-state index contributed by atoms with van der Waals surface area (Å²) in [6, 6.07) is 16.7. The molecule has 0 spiro atoms. The Morgan fingerprint density at radius 1 is 0.769 bits per heavy atom. The fraction of sp³-hybridized carbons (Fsp3) is 0.267. The number of fused-ring (bicyclic) bond motifs is 2. The molecule has 1 aliphatic rings. The van der Waals surface area contributed by atoms with Crippen molar-refractivity contribution in [2.24, 2.45) is 0 Å². The van der Waals surface area contributed by atoms with Gasteiger partial charge in [0.05, 0.1) is 45.2 Å². The highest BCUT2D eigenvalue weighted by molar-refractivity contribution is 6.08. The molecule has 1 amide bonds. The molecule has 0 aliphatic heterocycles. The Morgan fingerprint density at radius 3 is 2.26 bits per heavy atom. The topological polar surface area (TPSA) is 90.9 Å². The van der Waals surface area contributed by atoms with E-state index in [0.29, 0.717) is 34.2 Å². The van der Waals surface area contributed by atoms with E-state index in [9.17, 15) is 4.79 Å². The average Bonchev–Trinajstić information content (AvgIpc) is 2.96. The molecule has 3 aromatic carbocycles. The molecule has 0 bridgehead atoms. The van der Waals surface area contributed by atoms with Crippen molar-refractivity contribution >= 4 is 46.3 Å². The number of carbonyl (C=O) groups excluding carboxylic acids is 1. The molecule has 5 rings (SSSR count). The molecular weight excluding hydrogens is 518 g/mol. The molecule has 0 unspecified atom stereocenters. The molecule has 0 radical (unpaired) electrons. The number of anilines is 3. The van der Waals surface area contributed by atoms with Crippen LogP contribution in [0.3, 0.4) is 0 Å². The molecule has 4 aromatic rings. The van der Waals surface area contributed by atoms with Crippen LogP contribution in [-0.2, 0) is 12.8 Å². The van der Waals surface area contributed by atoms with Crippen molar-refractivity contribution in [3.63, 3.8) is 0 Å². The number of methoxy groups -OCH3 is 4. The SMILES string of the molecule is COc1ccc(C(=O)Nc2ccc3nc4c(c(Nc5ccc(OC)c(OC)c5)c3c2)CCCC4)c(OC)c1.Cl. The third kappa shape index (κ3) is 5.66.